The van der Waals surface area contributed by atoms with Crippen LogP contribution in [-0.4, -0.2) is 29.4 Å². The van der Waals surface area contributed by atoms with Gasteiger partial charge in [-0.25, -0.2) is 0 Å². The summed E-state index contributed by atoms with van der Waals surface area (Å²) in [5, 5.41) is 0. The molecule has 82 valence electrons. The maximum absolute atomic E-state index is 5.68. The fourth-order valence-electron chi connectivity index (χ4n) is 1.44. The lowest BCUT2D eigenvalue weighted by atomic mass is 10.2. The van der Waals surface area contributed by atoms with Crippen molar-refractivity contribution in [3.05, 3.63) is 41.7 Å². The molecule has 1 heterocycles. The summed E-state index contributed by atoms with van der Waals surface area (Å²) in [6.07, 6.45) is 0. The Labute approximate surface area is 96.6 Å². The van der Waals surface area contributed by atoms with Gasteiger partial charge in [0.1, 0.15) is 0 Å². The minimum atomic E-state index is 0.519. The van der Waals surface area contributed by atoms with Crippen molar-refractivity contribution in [3.63, 3.8) is 0 Å². The first-order chi connectivity index (χ1) is 7.11. The number of hydrogen-bond donors (Lipinski definition) is 0. The Kier molecular flexibility index (Phi) is 4.79. The molecule has 2 nitrogen and oxygen atoms in total. The first-order valence-electron chi connectivity index (χ1n) is 4.95. The Balaban J connectivity index is 2.51. The average Bonchev–Trinajstić information content (AvgIpc) is 2.17. The van der Waals surface area contributed by atoms with Crippen molar-refractivity contribution in [1.82, 2.24) is 9.88 Å². The molecule has 0 aromatic carbocycles. The molecule has 0 spiro atoms. The molecular weight excluding hydrogens is 208 g/mol. The summed E-state index contributed by atoms with van der Waals surface area (Å²) < 4.78 is 0. The summed E-state index contributed by atoms with van der Waals surface area (Å²) in [4.78, 5) is 6.60. The highest BCUT2D eigenvalue weighted by molar-refractivity contribution is 6.19. The van der Waals surface area contributed by atoms with Crippen LogP contribution in [0.15, 0.2) is 30.4 Å². The van der Waals surface area contributed by atoms with Gasteiger partial charge in [0.15, 0.2) is 0 Å². The van der Waals surface area contributed by atoms with Crippen molar-refractivity contribution in [2.75, 3.05) is 19.5 Å². The Morgan fingerprint density at radius 3 is 2.87 bits per heavy atom. The Morgan fingerprint density at radius 2 is 2.27 bits per heavy atom. The van der Waals surface area contributed by atoms with E-state index in [-0.39, 0.29) is 0 Å². The molecule has 0 unspecified atom stereocenters. The van der Waals surface area contributed by atoms with Gasteiger partial charge >= 0.3 is 0 Å². The standard InChI is InChI=1S/C12H17ClN2/c1-10(7-13)8-15(3)9-12-6-4-5-11(2)14-12/h4-6H,1,7-9H2,2-3H3. The van der Waals surface area contributed by atoms with Crippen molar-refractivity contribution in [2.24, 2.45) is 0 Å². The molecule has 0 atom stereocenters. The number of nitrogens with zero attached hydrogens (tertiary/aromatic N) is 2. The van der Waals surface area contributed by atoms with Crippen molar-refractivity contribution in [1.29, 1.82) is 0 Å². The molecule has 0 radical (unpaired) electrons. The second-order valence-electron chi connectivity index (χ2n) is 3.83. The highest BCUT2D eigenvalue weighted by atomic mass is 35.5. The highest BCUT2D eigenvalue weighted by Gasteiger charge is 2.02. The Bertz CT molecular complexity index is 336. The van der Waals surface area contributed by atoms with E-state index in [9.17, 15) is 0 Å². The summed E-state index contributed by atoms with van der Waals surface area (Å²) in [5.41, 5.74) is 3.17. The Hall–Kier alpha value is -0.860. The van der Waals surface area contributed by atoms with E-state index < -0.39 is 0 Å². The lowest BCUT2D eigenvalue weighted by molar-refractivity contribution is 0.351. The third-order valence-corrected chi connectivity index (χ3v) is 2.44. The molecule has 0 aliphatic rings. The lowest BCUT2D eigenvalue weighted by Crippen LogP contribution is -2.21. The molecule has 1 aromatic heterocycles. The van der Waals surface area contributed by atoms with Crippen LogP contribution >= 0.6 is 11.6 Å². The topological polar surface area (TPSA) is 16.1 Å². The molecule has 0 aliphatic heterocycles. The summed E-state index contributed by atoms with van der Waals surface area (Å²) in [5.74, 6) is 0.519. The summed E-state index contributed by atoms with van der Waals surface area (Å²) in [6.45, 7) is 7.53. The minimum Gasteiger partial charge on any atom is -0.297 e. The van der Waals surface area contributed by atoms with E-state index in [2.05, 4.69) is 16.5 Å². The van der Waals surface area contributed by atoms with Crippen LogP contribution in [0, 0.1) is 6.92 Å². The molecule has 0 saturated heterocycles. The lowest BCUT2D eigenvalue weighted by Gasteiger charge is -2.16. The van der Waals surface area contributed by atoms with Crippen LogP contribution in [0.2, 0.25) is 0 Å². The molecule has 0 amide bonds. The van der Waals surface area contributed by atoms with E-state index in [1.165, 1.54) is 0 Å². The summed E-state index contributed by atoms with van der Waals surface area (Å²) in [7, 11) is 2.04. The molecule has 1 rings (SSSR count). The van der Waals surface area contributed by atoms with Crippen LogP contribution in [0.25, 0.3) is 0 Å². The van der Waals surface area contributed by atoms with E-state index in [0.29, 0.717) is 5.88 Å². The van der Waals surface area contributed by atoms with Gasteiger partial charge in [0, 0.05) is 24.7 Å². The third-order valence-electron chi connectivity index (χ3n) is 2.06. The molecule has 0 N–H and O–H groups in total. The summed E-state index contributed by atoms with van der Waals surface area (Å²) >= 11 is 5.68. The predicted molar refractivity (Wildman–Crippen MR) is 65.2 cm³/mol. The van der Waals surface area contributed by atoms with Crippen LogP contribution in [0.5, 0.6) is 0 Å². The quantitative estimate of drug-likeness (QED) is 0.565. The molecule has 1 aromatic rings. The summed E-state index contributed by atoms with van der Waals surface area (Å²) in [6, 6.07) is 6.07. The van der Waals surface area contributed by atoms with Crippen molar-refractivity contribution in [3.8, 4) is 0 Å². The third kappa shape index (κ3) is 4.45. The normalized spacial score (nSPS) is 10.7. The number of aryl methyl sites for hydroxylation is 1. The smallest absolute Gasteiger partial charge is 0.0547 e. The van der Waals surface area contributed by atoms with E-state index in [1.807, 2.05) is 32.2 Å². The zero-order valence-corrected chi connectivity index (χ0v) is 10.1. The first kappa shape index (κ1) is 12.2. The highest BCUT2D eigenvalue weighted by Crippen LogP contribution is 2.04. The van der Waals surface area contributed by atoms with Crippen molar-refractivity contribution in [2.45, 2.75) is 13.5 Å². The average molecular weight is 225 g/mol. The van der Waals surface area contributed by atoms with E-state index >= 15 is 0 Å². The number of likely N-dealkylation sites (N-methyl/N-ethyl adjacent to an activating group) is 1. The molecule has 0 fully saturated rings. The largest absolute Gasteiger partial charge is 0.297 e. The zero-order valence-electron chi connectivity index (χ0n) is 9.33. The van der Waals surface area contributed by atoms with E-state index in [0.717, 1.165) is 30.1 Å². The number of pyridine rings is 1. The molecule has 15 heavy (non-hydrogen) atoms. The Morgan fingerprint density at radius 1 is 1.53 bits per heavy atom. The van der Waals surface area contributed by atoms with Gasteiger partial charge in [0.05, 0.1) is 5.69 Å². The maximum Gasteiger partial charge on any atom is 0.0547 e. The SMILES string of the molecule is C=C(CCl)CN(C)Cc1cccc(C)n1. The molecular formula is C12H17ClN2. The van der Waals surface area contributed by atoms with Gasteiger partial charge in [-0.3, -0.25) is 9.88 Å². The van der Waals surface area contributed by atoms with Gasteiger partial charge in [-0.15, -0.1) is 11.6 Å². The van der Waals surface area contributed by atoms with Crippen LogP contribution < -0.4 is 0 Å². The monoisotopic (exact) mass is 224 g/mol. The van der Waals surface area contributed by atoms with Gasteiger partial charge in [-0.2, -0.15) is 0 Å². The second-order valence-corrected chi connectivity index (χ2v) is 4.09. The number of halogens is 1. The van der Waals surface area contributed by atoms with Gasteiger partial charge < -0.3 is 0 Å². The first-order valence-corrected chi connectivity index (χ1v) is 5.49. The van der Waals surface area contributed by atoms with Gasteiger partial charge in [0.25, 0.3) is 0 Å². The number of aromatic nitrogens is 1. The van der Waals surface area contributed by atoms with Crippen molar-refractivity contribution < 1.29 is 0 Å². The van der Waals surface area contributed by atoms with Gasteiger partial charge in [0.2, 0.25) is 0 Å². The molecule has 0 aliphatic carbocycles. The van der Waals surface area contributed by atoms with E-state index in [1.54, 1.807) is 0 Å². The number of alkyl halides is 1. The van der Waals surface area contributed by atoms with Crippen LogP contribution in [-0.2, 0) is 6.54 Å². The van der Waals surface area contributed by atoms with Crippen molar-refractivity contribution >= 4 is 11.6 Å². The molecule has 3 heteroatoms. The van der Waals surface area contributed by atoms with Crippen LogP contribution in [0.3, 0.4) is 0 Å². The molecule has 0 saturated carbocycles. The van der Waals surface area contributed by atoms with Crippen LogP contribution in [0.1, 0.15) is 11.4 Å². The minimum absolute atomic E-state index is 0.519. The number of hydrogen-bond acceptors (Lipinski definition) is 2. The van der Waals surface area contributed by atoms with Gasteiger partial charge in [-0.1, -0.05) is 12.6 Å². The predicted octanol–water partition coefficient (Wildman–Crippen LogP) is 2.62. The zero-order chi connectivity index (χ0) is 11.3. The fraction of sp³-hybridized carbons (Fsp3) is 0.417. The van der Waals surface area contributed by atoms with E-state index in [4.69, 9.17) is 11.6 Å². The maximum atomic E-state index is 5.68. The molecule has 0 bridgehead atoms. The number of rotatable bonds is 5. The van der Waals surface area contributed by atoms with Gasteiger partial charge in [-0.05, 0) is 31.7 Å². The second kappa shape index (κ2) is 5.89. The van der Waals surface area contributed by atoms with Crippen LogP contribution in [0.4, 0.5) is 0 Å². The fourth-order valence-corrected chi connectivity index (χ4v) is 1.53.